The van der Waals surface area contributed by atoms with Gasteiger partial charge in [0, 0.05) is 225 Å². The highest BCUT2D eigenvalue weighted by Gasteiger charge is 2.18. The van der Waals surface area contributed by atoms with Gasteiger partial charge in [-0.15, -0.1) is 0 Å². The number of hydrogen-bond donors (Lipinski definition) is 30. The minimum atomic E-state index is -0.543. The van der Waals surface area contributed by atoms with Gasteiger partial charge in [0.15, 0.2) is 0 Å². The maximum atomic E-state index is 11.6. The molecule has 0 spiro atoms. The Morgan fingerprint density at radius 2 is 0.333 bits per heavy atom. The van der Waals surface area contributed by atoms with Crippen LogP contribution < -0.4 is 166 Å². The van der Waals surface area contributed by atoms with Gasteiger partial charge in [-0.3, -0.25) is 150 Å². The first kappa shape index (κ1) is 127. The van der Waals surface area contributed by atoms with Gasteiger partial charge in [0.05, 0.1) is 0 Å². The molecule has 0 aliphatic rings. The zero-order valence-corrected chi connectivity index (χ0v) is 79.0. The molecule has 0 aliphatic carbocycles. The molecule has 0 aromatic rings. The van der Waals surface area contributed by atoms with Crippen LogP contribution in [0, 0.1) is 11.8 Å². The number of hydrogen-bond acceptors (Lipinski definition) is 40. The molecule has 2 atom stereocenters. The number of nitrogens with one attached hydrogen (secondary N) is 20. The molecule has 40 N–H and O–H groups in total. The molecule has 126 heavy (non-hydrogen) atoms. The fraction of sp³-hybridized carbons (Fsp3) is 0.697. The third-order valence-corrected chi connectivity index (χ3v) is 26.5. The number of unbranched alkanes of at least 4 members (excludes halogenated alkanes) is 2. The first-order valence-corrected chi connectivity index (χ1v) is 51.6. The summed E-state index contributed by atoms with van der Waals surface area (Å²) in [7, 11) is 15.8. The molecule has 0 heterocycles. The standard InChI is InChI=1S/C16H32N6O4S2.2C14H28N6O4S2.C12H24N6O4S2.C10H20N6O4S2/c17-21-15(25)7-3-1-5-13(23)19-9-11-27-28-12-10-20-14(24)6-2-4-8-16(26)22-18;1-9(13(23)19-15)7-11(21)17-3-5-25-26-6-4-18-12(22)8-10(2)14(24)20-16;15-19-13(23)5-1-3-11(21)17-7-9-25-26-10-8-18-12(22)4-2-6-14(24)20-16;13-17-11(21)3-1-9(19)15-5-7-23-24-8-6-16-10(20)2-4-12(22)18-14;11-15-9(19)5-7(17)13-1-3-21-22-4-2-14-8(18)6-10(20)16-12/h1-12,17-18H2,(H,19,23)(H,20,24)(H,21,25)(H,22,26);9-10H,3-8,15-16H2,1-2H3,(H,17,21)(H,18,22)(H,19,23)(H,20,24);1-10,15-16H2,(H,17,21)(H,18,22)(H,19,23)(H,20,24);1-8,13-14H2,(H,15,19)(H,16,20)(H,17,21)(H,18,22);1-6,11-12H2,(H,13,17)(H,14,18)(H,15,19)(H,16,20). The average Bonchev–Trinajstić information content (AvgIpc) is 0.957. The zero-order valence-electron chi connectivity index (χ0n) is 70.9. The molecule has 0 radical (unpaired) electrons. The van der Waals surface area contributed by atoms with Crippen molar-refractivity contribution in [3.05, 3.63) is 0 Å². The molecule has 0 rings (SSSR count). The van der Waals surface area contributed by atoms with E-state index in [-0.39, 0.29) is 171 Å². The molecule has 0 saturated heterocycles. The lowest BCUT2D eigenvalue weighted by molar-refractivity contribution is -0.130. The van der Waals surface area contributed by atoms with Crippen LogP contribution in [0.4, 0.5) is 0 Å². The molecule has 726 valence electrons. The summed E-state index contributed by atoms with van der Waals surface area (Å²) < 4.78 is 0. The molecule has 0 bridgehead atoms. The van der Waals surface area contributed by atoms with Crippen molar-refractivity contribution in [3.63, 3.8) is 0 Å². The maximum absolute atomic E-state index is 11.6. The number of nitrogens with two attached hydrogens (primary N) is 10. The Morgan fingerprint density at radius 3 is 0.532 bits per heavy atom. The molecule has 60 heteroatoms. The van der Waals surface area contributed by atoms with Crippen LogP contribution in [0.3, 0.4) is 0 Å². The predicted octanol–water partition coefficient (Wildman–Crippen LogP) is -7.25. The van der Waals surface area contributed by atoms with Gasteiger partial charge in [-0.05, 0) is 38.5 Å². The van der Waals surface area contributed by atoms with Crippen molar-refractivity contribution in [1.29, 1.82) is 0 Å². The van der Waals surface area contributed by atoms with Gasteiger partial charge in [-0.2, -0.15) is 0 Å². The van der Waals surface area contributed by atoms with Crippen molar-refractivity contribution in [2.45, 2.75) is 155 Å². The molecule has 2 unspecified atom stereocenters. The molecule has 0 saturated carbocycles. The summed E-state index contributed by atoms with van der Waals surface area (Å²) in [6.07, 6.45) is 5.98. The van der Waals surface area contributed by atoms with Gasteiger partial charge in [0.25, 0.3) is 0 Å². The second-order valence-electron chi connectivity index (χ2n) is 25.0. The Kier molecular flexibility index (Phi) is 94.4. The summed E-state index contributed by atoms with van der Waals surface area (Å²) in [4.78, 5) is 224. The molecule has 20 amide bonds. The van der Waals surface area contributed by atoms with E-state index in [0.29, 0.717) is 177 Å². The van der Waals surface area contributed by atoms with E-state index >= 15 is 0 Å². The van der Waals surface area contributed by atoms with E-state index in [1.54, 1.807) is 100 Å². The lowest BCUT2D eigenvalue weighted by Gasteiger charge is -2.10. The van der Waals surface area contributed by atoms with Crippen LogP contribution >= 0.6 is 108 Å². The molecular weight excluding hydrogens is 1850 g/mol. The summed E-state index contributed by atoms with van der Waals surface area (Å²) in [6.45, 7) is 8.37. The monoisotopic (exact) mass is 1980 g/mol. The minimum Gasteiger partial charge on any atom is -0.355 e. The Bertz CT molecular complexity index is 2960. The second kappa shape index (κ2) is 93.6. The number of carbonyl (C=O) groups is 20. The highest BCUT2D eigenvalue weighted by molar-refractivity contribution is 8.77. The van der Waals surface area contributed by atoms with E-state index in [2.05, 4.69) is 64.0 Å². The smallest absolute Gasteiger partial charge is 0.243 e. The molecule has 0 aromatic heterocycles. The topological polar surface area (TPSA) is 842 Å². The summed E-state index contributed by atoms with van der Waals surface area (Å²) in [5, 5.41) is 27.2. The summed E-state index contributed by atoms with van der Waals surface area (Å²) in [5.74, 6) is 50.3. The van der Waals surface area contributed by atoms with E-state index in [0.717, 1.165) is 23.0 Å². The second-order valence-corrected chi connectivity index (χ2v) is 38.5. The van der Waals surface area contributed by atoms with Gasteiger partial charge in [0.2, 0.25) is 118 Å². The molecule has 50 nitrogen and oxygen atoms in total. The van der Waals surface area contributed by atoms with Crippen LogP contribution in [0.2, 0.25) is 0 Å². The number of rotatable bonds is 69. The highest BCUT2D eigenvalue weighted by Crippen LogP contribution is 2.23. The predicted molar refractivity (Wildman–Crippen MR) is 498 cm³/mol. The van der Waals surface area contributed by atoms with Gasteiger partial charge in [-0.25, -0.2) is 58.4 Å². The Balaban J connectivity index is -0.000000485. The quantitative estimate of drug-likeness (QED) is 0.00672. The van der Waals surface area contributed by atoms with Gasteiger partial charge in [0.1, 0.15) is 12.8 Å². The Hall–Kier alpha value is -7.50. The number of hydrazine groups is 10. The van der Waals surface area contributed by atoms with Crippen molar-refractivity contribution in [2.75, 3.05) is 123 Å². The molecular formula is C66H132N30O20S10. The molecule has 0 aliphatic heterocycles. The fourth-order valence-electron chi connectivity index (χ4n) is 7.98. The van der Waals surface area contributed by atoms with Crippen molar-refractivity contribution < 1.29 is 95.9 Å². The van der Waals surface area contributed by atoms with Crippen molar-refractivity contribution >= 4 is 226 Å². The number of carbonyl (C=O) groups excluding carboxylic acids is 20. The Morgan fingerprint density at radius 1 is 0.183 bits per heavy atom. The van der Waals surface area contributed by atoms with Gasteiger partial charge in [-0.1, -0.05) is 122 Å². The first-order valence-electron chi connectivity index (χ1n) is 39.1. The SMILES string of the molecule is CC(CC(=O)NCCSSCCNC(=O)CC(C)C(=O)NN)C(=O)NN.NNC(=O)CC(=O)NCCSSCCNC(=O)CC(=O)NN.NNC(=O)CCC(=O)NCCSSCCNC(=O)CCC(=O)NN.NNC(=O)CCCC(=O)NCCSSCCNC(=O)CCCC(=O)NN.NNC(=O)CCCCC(=O)NCCSSCCNC(=O)CCCCC(=O)NN. The normalized spacial score (nSPS) is 10.5. The van der Waals surface area contributed by atoms with E-state index in [4.69, 9.17) is 58.4 Å². The van der Waals surface area contributed by atoms with Crippen molar-refractivity contribution in [1.82, 2.24) is 107 Å². The lowest BCUT2D eigenvalue weighted by Crippen LogP contribution is -2.37. The first-order chi connectivity index (χ1) is 60.3. The van der Waals surface area contributed by atoms with Crippen molar-refractivity contribution in [3.8, 4) is 0 Å². The lowest BCUT2D eigenvalue weighted by atomic mass is 10.1. The van der Waals surface area contributed by atoms with Gasteiger partial charge < -0.3 is 53.2 Å². The van der Waals surface area contributed by atoms with Crippen LogP contribution in [-0.2, 0) is 95.9 Å². The van der Waals surface area contributed by atoms with E-state index in [1.165, 1.54) is 21.6 Å². The van der Waals surface area contributed by atoms with Crippen LogP contribution in [0.5, 0.6) is 0 Å². The third-order valence-electron chi connectivity index (χ3n) is 14.5. The summed E-state index contributed by atoms with van der Waals surface area (Å²) in [6, 6.07) is 0. The minimum absolute atomic E-state index is 0.0186. The molecule has 0 aromatic carbocycles. The summed E-state index contributed by atoms with van der Waals surface area (Å²) >= 11 is 0. The van der Waals surface area contributed by atoms with E-state index in [1.807, 2.05) is 43.4 Å². The summed E-state index contributed by atoms with van der Waals surface area (Å²) in [5.41, 5.74) is 19.8. The average molecular weight is 1990 g/mol. The fourth-order valence-corrected chi connectivity index (χ4v) is 17.0. The van der Waals surface area contributed by atoms with E-state index in [9.17, 15) is 95.9 Å². The van der Waals surface area contributed by atoms with Crippen LogP contribution in [0.15, 0.2) is 0 Å². The van der Waals surface area contributed by atoms with Crippen LogP contribution in [-0.4, -0.2) is 241 Å². The highest BCUT2D eigenvalue weighted by atomic mass is 33.1. The molecule has 0 fully saturated rings. The van der Waals surface area contributed by atoms with Crippen LogP contribution in [0.25, 0.3) is 0 Å². The van der Waals surface area contributed by atoms with Gasteiger partial charge >= 0.3 is 0 Å². The maximum Gasteiger partial charge on any atom is 0.243 e. The van der Waals surface area contributed by atoms with Crippen molar-refractivity contribution in [2.24, 2.45) is 70.3 Å². The number of amides is 20. The third kappa shape index (κ3) is 95.6. The zero-order chi connectivity index (χ0) is 95.6. The van der Waals surface area contributed by atoms with E-state index < -0.39 is 23.7 Å². The Labute approximate surface area is 772 Å². The van der Waals surface area contributed by atoms with Crippen LogP contribution in [0.1, 0.15) is 155 Å². The largest absolute Gasteiger partial charge is 0.355 e.